The van der Waals surface area contributed by atoms with E-state index in [9.17, 15) is 4.79 Å². The Morgan fingerprint density at radius 2 is 2.41 bits per heavy atom. The van der Waals surface area contributed by atoms with Crippen LogP contribution in [0.3, 0.4) is 0 Å². The topological polar surface area (TPSA) is 58.4 Å². The summed E-state index contributed by atoms with van der Waals surface area (Å²) in [6.07, 6.45) is 6.99. The minimum Gasteiger partial charge on any atom is -0.459 e. The van der Waals surface area contributed by atoms with Gasteiger partial charge in [0.2, 0.25) is 0 Å². The van der Waals surface area contributed by atoms with Crippen molar-refractivity contribution in [1.82, 2.24) is 15.2 Å². The lowest BCUT2D eigenvalue weighted by Gasteiger charge is -2.32. The summed E-state index contributed by atoms with van der Waals surface area (Å²) in [6, 6.07) is 5.47. The first-order valence-corrected chi connectivity index (χ1v) is 7.76. The summed E-state index contributed by atoms with van der Waals surface area (Å²) >= 11 is 6.13. The molecule has 0 radical (unpaired) electrons. The molecule has 1 fully saturated rings. The third kappa shape index (κ3) is 3.48. The van der Waals surface area contributed by atoms with E-state index in [1.54, 1.807) is 30.6 Å². The van der Waals surface area contributed by atoms with Crippen molar-refractivity contribution in [3.8, 4) is 0 Å². The molecule has 3 heterocycles. The standard InChI is InChI=1S/C16H18ClN3O2/c17-14-5-6-18-9-12(14)10-19-13-3-1-7-20(11-13)16(21)15-4-2-8-22-15/h2,4-6,8-9,13,19H,1,3,7,10-11H2. The van der Waals surface area contributed by atoms with E-state index in [0.717, 1.165) is 24.9 Å². The Morgan fingerprint density at radius 1 is 1.50 bits per heavy atom. The molecule has 1 amide bonds. The van der Waals surface area contributed by atoms with Gasteiger partial charge in [0.25, 0.3) is 5.91 Å². The molecule has 2 aromatic heterocycles. The molecule has 1 aliphatic heterocycles. The van der Waals surface area contributed by atoms with Gasteiger partial charge in [-0.2, -0.15) is 0 Å². The molecule has 0 spiro atoms. The van der Waals surface area contributed by atoms with Gasteiger partial charge < -0.3 is 14.6 Å². The molecule has 6 heteroatoms. The molecule has 0 aliphatic carbocycles. The zero-order valence-electron chi connectivity index (χ0n) is 12.2. The maximum Gasteiger partial charge on any atom is 0.289 e. The smallest absolute Gasteiger partial charge is 0.289 e. The molecule has 0 bridgehead atoms. The van der Waals surface area contributed by atoms with Gasteiger partial charge in [0.1, 0.15) is 0 Å². The number of nitrogens with zero attached hydrogens (tertiary/aromatic N) is 2. The molecule has 1 N–H and O–H groups in total. The zero-order chi connectivity index (χ0) is 15.4. The van der Waals surface area contributed by atoms with Crippen LogP contribution in [0.4, 0.5) is 0 Å². The molecule has 2 aromatic rings. The lowest BCUT2D eigenvalue weighted by Crippen LogP contribution is -2.47. The molecule has 0 aromatic carbocycles. The second kappa shape index (κ2) is 6.94. The Labute approximate surface area is 134 Å². The molecule has 5 nitrogen and oxygen atoms in total. The summed E-state index contributed by atoms with van der Waals surface area (Å²) < 4.78 is 5.19. The summed E-state index contributed by atoms with van der Waals surface area (Å²) in [4.78, 5) is 18.2. The van der Waals surface area contributed by atoms with E-state index < -0.39 is 0 Å². The normalized spacial score (nSPS) is 18.4. The molecule has 22 heavy (non-hydrogen) atoms. The van der Waals surface area contributed by atoms with Crippen LogP contribution in [0.25, 0.3) is 0 Å². The number of piperidine rings is 1. The van der Waals surface area contributed by atoms with Crippen molar-refractivity contribution in [2.75, 3.05) is 13.1 Å². The molecule has 116 valence electrons. The largest absolute Gasteiger partial charge is 0.459 e. The van der Waals surface area contributed by atoms with Crippen LogP contribution in [0.5, 0.6) is 0 Å². The lowest BCUT2D eigenvalue weighted by atomic mass is 10.0. The fourth-order valence-electron chi connectivity index (χ4n) is 2.68. The molecule has 3 rings (SSSR count). The molecule has 1 atom stereocenters. The first-order chi connectivity index (χ1) is 10.7. The van der Waals surface area contributed by atoms with Crippen molar-refractivity contribution in [3.05, 3.63) is 53.2 Å². The van der Waals surface area contributed by atoms with Crippen molar-refractivity contribution in [2.24, 2.45) is 0 Å². The van der Waals surface area contributed by atoms with E-state index in [0.29, 0.717) is 23.9 Å². The van der Waals surface area contributed by atoms with E-state index in [1.807, 2.05) is 4.90 Å². The van der Waals surface area contributed by atoms with Gasteiger partial charge in [-0.05, 0) is 31.0 Å². The number of halogens is 1. The molecule has 1 saturated heterocycles. The summed E-state index contributed by atoms with van der Waals surface area (Å²) in [5.41, 5.74) is 0.971. The van der Waals surface area contributed by atoms with Crippen molar-refractivity contribution in [2.45, 2.75) is 25.4 Å². The second-order valence-electron chi connectivity index (χ2n) is 5.42. The number of hydrogen-bond acceptors (Lipinski definition) is 4. The van der Waals surface area contributed by atoms with Crippen LogP contribution in [0.15, 0.2) is 41.3 Å². The number of likely N-dealkylation sites (tertiary alicyclic amines) is 1. The van der Waals surface area contributed by atoms with Gasteiger partial charge in [-0.1, -0.05) is 11.6 Å². The van der Waals surface area contributed by atoms with E-state index >= 15 is 0 Å². The summed E-state index contributed by atoms with van der Waals surface area (Å²) in [7, 11) is 0. The van der Waals surface area contributed by atoms with Gasteiger partial charge >= 0.3 is 0 Å². The number of nitrogens with one attached hydrogen (secondary N) is 1. The number of furan rings is 1. The molecular weight excluding hydrogens is 302 g/mol. The average molecular weight is 320 g/mol. The van der Waals surface area contributed by atoms with Gasteiger partial charge in [-0.25, -0.2) is 0 Å². The Kier molecular flexibility index (Phi) is 4.75. The van der Waals surface area contributed by atoms with Crippen LogP contribution < -0.4 is 5.32 Å². The van der Waals surface area contributed by atoms with Crippen molar-refractivity contribution >= 4 is 17.5 Å². The fourth-order valence-corrected chi connectivity index (χ4v) is 2.85. The number of aromatic nitrogens is 1. The van der Waals surface area contributed by atoms with Crippen molar-refractivity contribution < 1.29 is 9.21 Å². The highest BCUT2D eigenvalue weighted by Crippen LogP contribution is 2.17. The van der Waals surface area contributed by atoms with Crippen molar-refractivity contribution in [1.29, 1.82) is 0 Å². The predicted octanol–water partition coefficient (Wildman–Crippen LogP) is 2.72. The highest BCUT2D eigenvalue weighted by molar-refractivity contribution is 6.31. The van der Waals surface area contributed by atoms with Crippen molar-refractivity contribution in [3.63, 3.8) is 0 Å². The SMILES string of the molecule is O=C(c1ccco1)N1CCCC(NCc2cnccc2Cl)C1. The van der Waals surface area contributed by atoms with E-state index in [-0.39, 0.29) is 11.9 Å². The Hall–Kier alpha value is -1.85. The van der Waals surface area contributed by atoms with Crippen LogP contribution in [-0.2, 0) is 6.54 Å². The van der Waals surface area contributed by atoms with E-state index in [2.05, 4.69) is 10.3 Å². The van der Waals surface area contributed by atoms with Crippen LogP contribution in [0.2, 0.25) is 5.02 Å². The van der Waals surface area contributed by atoms with Gasteiger partial charge in [0.05, 0.1) is 6.26 Å². The van der Waals surface area contributed by atoms with Crippen LogP contribution in [0, 0.1) is 0 Å². The summed E-state index contributed by atoms with van der Waals surface area (Å²) in [5.74, 6) is 0.354. The van der Waals surface area contributed by atoms with E-state index in [4.69, 9.17) is 16.0 Å². The third-order valence-electron chi connectivity index (χ3n) is 3.87. The van der Waals surface area contributed by atoms with Crippen LogP contribution >= 0.6 is 11.6 Å². The molecule has 0 saturated carbocycles. The highest BCUT2D eigenvalue weighted by Gasteiger charge is 2.25. The Morgan fingerprint density at radius 3 is 3.18 bits per heavy atom. The molecule has 1 unspecified atom stereocenters. The average Bonchev–Trinajstić information content (AvgIpc) is 3.08. The lowest BCUT2D eigenvalue weighted by molar-refractivity contribution is 0.0662. The van der Waals surface area contributed by atoms with Gasteiger partial charge in [0.15, 0.2) is 5.76 Å². The molecule has 1 aliphatic rings. The maximum absolute atomic E-state index is 12.3. The number of carbonyl (C=O) groups is 1. The van der Waals surface area contributed by atoms with E-state index in [1.165, 1.54) is 6.26 Å². The first kappa shape index (κ1) is 15.1. The number of pyridine rings is 1. The van der Waals surface area contributed by atoms with Gasteiger partial charge in [-0.15, -0.1) is 0 Å². The maximum atomic E-state index is 12.3. The summed E-state index contributed by atoms with van der Waals surface area (Å²) in [5, 5.41) is 4.17. The Balaban J connectivity index is 1.57. The number of carbonyl (C=O) groups excluding carboxylic acids is 1. The van der Waals surface area contributed by atoms with Gasteiger partial charge in [0, 0.05) is 48.7 Å². The number of hydrogen-bond donors (Lipinski definition) is 1. The Bertz CT molecular complexity index is 630. The minimum atomic E-state index is -0.0455. The quantitative estimate of drug-likeness (QED) is 0.941. The number of amides is 1. The first-order valence-electron chi connectivity index (χ1n) is 7.38. The summed E-state index contributed by atoms with van der Waals surface area (Å²) in [6.45, 7) is 2.10. The fraction of sp³-hybridized carbons (Fsp3) is 0.375. The second-order valence-corrected chi connectivity index (χ2v) is 5.82. The highest BCUT2D eigenvalue weighted by atomic mass is 35.5. The van der Waals surface area contributed by atoms with Gasteiger partial charge in [-0.3, -0.25) is 9.78 Å². The van der Waals surface area contributed by atoms with Crippen LogP contribution in [0.1, 0.15) is 29.0 Å². The predicted molar refractivity (Wildman–Crippen MR) is 83.7 cm³/mol. The zero-order valence-corrected chi connectivity index (χ0v) is 12.9. The van der Waals surface area contributed by atoms with Crippen LogP contribution in [-0.4, -0.2) is 34.9 Å². The molecular formula is C16H18ClN3O2. The minimum absolute atomic E-state index is 0.0455. The monoisotopic (exact) mass is 319 g/mol. The number of rotatable bonds is 4. The third-order valence-corrected chi connectivity index (χ3v) is 4.23.